The van der Waals surface area contributed by atoms with Gasteiger partial charge in [0.2, 0.25) is 0 Å². The number of rotatable bonds is 6. The molecule has 2 N–H and O–H groups in total. The zero-order chi connectivity index (χ0) is 16.8. The van der Waals surface area contributed by atoms with Crippen LogP contribution in [0.4, 0.5) is 0 Å². The predicted molar refractivity (Wildman–Crippen MR) is 86.2 cm³/mol. The summed E-state index contributed by atoms with van der Waals surface area (Å²) in [7, 11) is 0. The van der Waals surface area contributed by atoms with Crippen LogP contribution in [0.5, 0.6) is 5.75 Å². The van der Waals surface area contributed by atoms with Gasteiger partial charge in [-0.2, -0.15) is 0 Å². The molecule has 1 aliphatic rings. The molecule has 1 aromatic rings. The van der Waals surface area contributed by atoms with E-state index in [-0.39, 0.29) is 5.91 Å². The molecule has 0 bridgehead atoms. The average Bonchev–Trinajstić information content (AvgIpc) is 2.53. The smallest absolute Gasteiger partial charge is 0.307 e. The van der Waals surface area contributed by atoms with Crippen LogP contribution in [-0.2, 0) is 4.79 Å². The minimum Gasteiger partial charge on any atom is -0.488 e. The number of amides is 1. The van der Waals surface area contributed by atoms with Crippen molar-refractivity contribution in [3.63, 3.8) is 0 Å². The van der Waals surface area contributed by atoms with Crippen LogP contribution in [0.1, 0.15) is 30.1 Å². The lowest BCUT2D eigenvalue weighted by Crippen LogP contribution is -2.49. The number of hydrogen-bond acceptors (Lipinski definition) is 4. The van der Waals surface area contributed by atoms with Gasteiger partial charge >= 0.3 is 5.97 Å². The topological polar surface area (TPSA) is 78.9 Å². The maximum Gasteiger partial charge on any atom is 0.307 e. The Morgan fingerprint density at radius 1 is 1.43 bits per heavy atom. The summed E-state index contributed by atoms with van der Waals surface area (Å²) in [6, 6.07) is 6.97. The molecule has 23 heavy (non-hydrogen) atoms. The van der Waals surface area contributed by atoms with Crippen molar-refractivity contribution < 1.29 is 19.4 Å². The third-order valence-electron chi connectivity index (χ3n) is 3.64. The van der Waals surface area contributed by atoms with Crippen LogP contribution >= 0.6 is 0 Å². The number of nitrogens with zero attached hydrogens (tertiary/aromatic N) is 1. The first-order chi connectivity index (χ1) is 11.0. The van der Waals surface area contributed by atoms with Gasteiger partial charge in [-0.3, -0.25) is 15.0 Å². The quantitative estimate of drug-likeness (QED) is 0.785. The minimum absolute atomic E-state index is 0.298. The molecular weight excluding hydrogens is 296 g/mol. The van der Waals surface area contributed by atoms with E-state index >= 15 is 0 Å². The van der Waals surface area contributed by atoms with E-state index in [1.54, 1.807) is 29.3 Å². The predicted octanol–water partition coefficient (Wildman–Crippen LogP) is 2.08. The first kappa shape index (κ1) is 17.0. The summed E-state index contributed by atoms with van der Waals surface area (Å²) < 4.78 is 5.60. The summed E-state index contributed by atoms with van der Waals surface area (Å²) in [6.45, 7) is 6.92. The van der Waals surface area contributed by atoms with Gasteiger partial charge in [0.1, 0.15) is 12.4 Å². The Morgan fingerprint density at radius 3 is 2.87 bits per heavy atom. The molecular formula is C17H22N2O4. The molecule has 0 saturated carbocycles. The van der Waals surface area contributed by atoms with Crippen LogP contribution in [-0.4, -0.2) is 41.7 Å². The molecule has 1 fully saturated rings. The lowest BCUT2D eigenvalue weighted by molar-refractivity contribution is -0.144. The van der Waals surface area contributed by atoms with Gasteiger partial charge in [-0.25, -0.2) is 5.01 Å². The number of para-hydroxylation sites is 1. The Labute approximate surface area is 135 Å². The highest BCUT2D eigenvalue weighted by Crippen LogP contribution is 2.20. The van der Waals surface area contributed by atoms with E-state index in [2.05, 4.69) is 12.0 Å². The maximum absolute atomic E-state index is 12.5. The average molecular weight is 318 g/mol. The van der Waals surface area contributed by atoms with Crippen LogP contribution in [0, 0.1) is 5.92 Å². The number of carboxylic acid groups (broad SMARTS) is 1. The molecule has 1 heterocycles. The van der Waals surface area contributed by atoms with E-state index < -0.39 is 11.9 Å². The zero-order valence-corrected chi connectivity index (χ0v) is 13.2. The summed E-state index contributed by atoms with van der Waals surface area (Å²) in [5, 5.41) is 10.8. The van der Waals surface area contributed by atoms with Gasteiger partial charge in [0.25, 0.3) is 5.91 Å². The van der Waals surface area contributed by atoms with E-state index in [0.717, 1.165) is 12.0 Å². The van der Waals surface area contributed by atoms with Crippen molar-refractivity contribution in [2.24, 2.45) is 5.92 Å². The van der Waals surface area contributed by atoms with Crippen molar-refractivity contribution in [3.05, 3.63) is 42.0 Å². The Morgan fingerprint density at radius 2 is 2.17 bits per heavy atom. The first-order valence-electron chi connectivity index (χ1n) is 7.62. The maximum atomic E-state index is 12.5. The summed E-state index contributed by atoms with van der Waals surface area (Å²) in [6.07, 6.45) is 1.38. The van der Waals surface area contributed by atoms with Gasteiger partial charge in [-0.1, -0.05) is 18.7 Å². The minimum atomic E-state index is -0.825. The van der Waals surface area contributed by atoms with E-state index in [4.69, 9.17) is 9.84 Å². The number of aliphatic carboxylic acids is 1. The Hall–Kier alpha value is -2.34. The highest BCUT2D eigenvalue weighted by molar-refractivity contribution is 5.96. The number of ether oxygens (including phenoxy) is 1. The van der Waals surface area contributed by atoms with Gasteiger partial charge in [-0.05, 0) is 37.5 Å². The van der Waals surface area contributed by atoms with Gasteiger partial charge < -0.3 is 9.84 Å². The standard InChI is InChI=1S/C17H22N2O4/c1-12(2)11-23-15-8-4-3-7-14(15)16(20)18-19-9-5-6-13(10-19)17(21)22/h3-4,7-8,13H,1,5-6,9-11H2,2H3,(H,18,20)(H,21,22)/t13-/m1/s1. The highest BCUT2D eigenvalue weighted by atomic mass is 16.5. The molecule has 1 saturated heterocycles. The summed E-state index contributed by atoms with van der Waals surface area (Å²) in [5.74, 6) is -1.08. The number of carbonyl (C=O) groups is 2. The molecule has 1 aromatic carbocycles. The Bertz CT molecular complexity index is 600. The lowest BCUT2D eigenvalue weighted by Gasteiger charge is -2.30. The molecule has 6 nitrogen and oxygen atoms in total. The summed E-state index contributed by atoms with van der Waals surface area (Å²) in [5.41, 5.74) is 4.06. The van der Waals surface area contributed by atoms with Crippen molar-refractivity contribution in [1.82, 2.24) is 10.4 Å². The summed E-state index contributed by atoms with van der Waals surface area (Å²) >= 11 is 0. The zero-order valence-electron chi connectivity index (χ0n) is 13.2. The second-order valence-corrected chi connectivity index (χ2v) is 5.81. The van der Waals surface area contributed by atoms with Crippen molar-refractivity contribution in [2.45, 2.75) is 19.8 Å². The van der Waals surface area contributed by atoms with E-state index in [1.165, 1.54) is 0 Å². The second-order valence-electron chi connectivity index (χ2n) is 5.81. The lowest BCUT2D eigenvalue weighted by atomic mass is 9.99. The van der Waals surface area contributed by atoms with Crippen LogP contribution in [0.15, 0.2) is 36.4 Å². The van der Waals surface area contributed by atoms with Crippen molar-refractivity contribution in [3.8, 4) is 5.75 Å². The molecule has 6 heteroatoms. The normalized spacial score (nSPS) is 18.2. The molecule has 1 aliphatic heterocycles. The van der Waals surface area contributed by atoms with E-state index in [1.807, 2.05) is 6.92 Å². The number of hydrogen-bond donors (Lipinski definition) is 2. The van der Waals surface area contributed by atoms with Crippen LogP contribution in [0.25, 0.3) is 0 Å². The van der Waals surface area contributed by atoms with Crippen LogP contribution in [0.2, 0.25) is 0 Å². The van der Waals surface area contributed by atoms with E-state index in [0.29, 0.717) is 37.4 Å². The first-order valence-corrected chi connectivity index (χ1v) is 7.62. The third kappa shape index (κ3) is 4.82. The fraction of sp³-hybridized carbons (Fsp3) is 0.412. The second kappa shape index (κ2) is 7.78. The SMILES string of the molecule is C=C(C)COc1ccccc1C(=O)NN1CCC[C@@H](C(=O)O)C1. The van der Waals surface area contributed by atoms with Crippen molar-refractivity contribution in [1.29, 1.82) is 0 Å². The third-order valence-corrected chi connectivity index (χ3v) is 3.64. The fourth-order valence-electron chi connectivity index (χ4n) is 2.47. The number of nitrogens with one attached hydrogen (secondary N) is 1. The molecule has 0 aliphatic carbocycles. The highest BCUT2D eigenvalue weighted by Gasteiger charge is 2.26. The van der Waals surface area contributed by atoms with Crippen LogP contribution < -0.4 is 10.2 Å². The number of piperidine rings is 1. The van der Waals surface area contributed by atoms with E-state index in [9.17, 15) is 9.59 Å². The molecule has 0 spiro atoms. The monoisotopic (exact) mass is 318 g/mol. The van der Waals surface area contributed by atoms with Crippen molar-refractivity contribution in [2.75, 3.05) is 19.7 Å². The van der Waals surface area contributed by atoms with Gasteiger partial charge in [0.05, 0.1) is 11.5 Å². The molecule has 1 atom stereocenters. The Balaban J connectivity index is 2.03. The number of carbonyl (C=O) groups excluding carboxylic acids is 1. The molecule has 0 unspecified atom stereocenters. The molecule has 0 aromatic heterocycles. The molecule has 124 valence electrons. The van der Waals surface area contributed by atoms with Gasteiger partial charge in [0.15, 0.2) is 0 Å². The molecule has 0 radical (unpaired) electrons. The fourth-order valence-corrected chi connectivity index (χ4v) is 2.47. The van der Waals surface area contributed by atoms with Gasteiger partial charge in [0, 0.05) is 13.1 Å². The molecule has 1 amide bonds. The largest absolute Gasteiger partial charge is 0.488 e. The van der Waals surface area contributed by atoms with Gasteiger partial charge in [-0.15, -0.1) is 0 Å². The number of carboxylic acids is 1. The molecule has 2 rings (SSSR count). The van der Waals surface area contributed by atoms with Crippen LogP contribution in [0.3, 0.4) is 0 Å². The Kier molecular flexibility index (Phi) is 5.76. The number of hydrazine groups is 1. The summed E-state index contributed by atoms with van der Waals surface area (Å²) in [4.78, 5) is 23.5. The number of benzene rings is 1. The van der Waals surface area contributed by atoms with Crippen molar-refractivity contribution >= 4 is 11.9 Å².